The standard InChI is InChI=1S/C18H14ClF3N4/c19-14-7-6-12(15(9-14)17-16(10-23)24-26-25-17)5-4-11-2-1-3-13(8-11)18(20,21)22/h1-9,16-17,24-26H/b5-4+. The first-order valence-corrected chi connectivity index (χ1v) is 8.07. The van der Waals surface area contributed by atoms with Gasteiger partial charge in [-0.15, -0.1) is 0 Å². The van der Waals surface area contributed by atoms with Crippen LogP contribution in [-0.2, 0) is 6.18 Å². The Bertz CT molecular complexity index is 873. The van der Waals surface area contributed by atoms with E-state index in [1.165, 1.54) is 6.07 Å². The number of rotatable bonds is 3. The molecule has 2 atom stereocenters. The molecule has 1 aliphatic rings. The summed E-state index contributed by atoms with van der Waals surface area (Å²) in [5, 5.41) is 9.72. The summed E-state index contributed by atoms with van der Waals surface area (Å²) in [6.45, 7) is 0. The number of nitrogens with zero attached hydrogens (tertiary/aromatic N) is 1. The van der Waals surface area contributed by atoms with Gasteiger partial charge in [0, 0.05) is 5.02 Å². The zero-order chi connectivity index (χ0) is 18.7. The van der Waals surface area contributed by atoms with Crippen molar-refractivity contribution in [2.75, 3.05) is 0 Å². The van der Waals surface area contributed by atoms with Gasteiger partial charge >= 0.3 is 6.18 Å². The molecule has 0 aliphatic carbocycles. The molecule has 3 N–H and O–H groups in total. The van der Waals surface area contributed by atoms with Gasteiger partial charge in [0.1, 0.15) is 6.04 Å². The third-order valence-corrected chi connectivity index (χ3v) is 4.22. The number of nitriles is 1. The topological polar surface area (TPSA) is 59.9 Å². The Morgan fingerprint density at radius 2 is 1.88 bits per heavy atom. The van der Waals surface area contributed by atoms with Crippen LogP contribution in [-0.4, -0.2) is 6.04 Å². The van der Waals surface area contributed by atoms with Gasteiger partial charge in [-0.3, -0.25) is 0 Å². The molecule has 1 aliphatic heterocycles. The first kappa shape index (κ1) is 18.4. The van der Waals surface area contributed by atoms with Crippen LogP contribution < -0.4 is 16.4 Å². The van der Waals surface area contributed by atoms with Crippen molar-refractivity contribution in [2.24, 2.45) is 0 Å². The van der Waals surface area contributed by atoms with E-state index in [1.807, 2.05) is 0 Å². The average molecular weight is 379 g/mol. The molecule has 26 heavy (non-hydrogen) atoms. The maximum atomic E-state index is 12.8. The predicted octanol–water partition coefficient (Wildman–Crippen LogP) is 4.07. The Morgan fingerprint density at radius 1 is 1.08 bits per heavy atom. The molecule has 0 radical (unpaired) electrons. The third-order valence-electron chi connectivity index (χ3n) is 3.98. The number of halogens is 4. The molecule has 8 heteroatoms. The van der Waals surface area contributed by atoms with Crippen molar-refractivity contribution < 1.29 is 13.2 Å². The molecular formula is C18H14ClF3N4. The lowest BCUT2D eigenvalue weighted by Gasteiger charge is -2.16. The van der Waals surface area contributed by atoms with Gasteiger partial charge < -0.3 is 0 Å². The lowest BCUT2D eigenvalue weighted by atomic mass is 9.95. The molecule has 0 saturated carbocycles. The third kappa shape index (κ3) is 4.06. The number of nitrogens with one attached hydrogen (secondary N) is 3. The maximum absolute atomic E-state index is 12.8. The molecule has 0 spiro atoms. The summed E-state index contributed by atoms with van der Waals surface area (Å²) in [4.78, 5) is 0. The molecule has 134 valence electrons. The quantitative estimate of drug-likeness (QED) is 0.704. The summed E-state index contributed by atoms with van der Waals surface area (Å²) in [5.41, 5.74) is 9.65. The molecule has 4 nitrogen and oxygen atoms in total. The van der Waals surface area contributed by atoms with Crippen molar-refractivity contribution in [2.45, 2.75) is 18.3 Å². The fourth-order valence-electron chi connectivity index (χ4n) is 2.70. The normalized spacial score (nSPS) is 20.4. The van der Waals surface area contributed by atoms with E-state index in [2.05, 4.69) is 22.5 Å². The van der Waals surface area contributed by atoms with Gasteiger partial charge in [0.2, 0.25) is 0 Å². The van der Waals surface area contributed by atoms with Crippen LogP contribution in [0, 0.1) is 11.3 Å². The summed E-state index contributed by atoms with van der Waals surface area (Å²) in [6.07, 6.45) is -1.09. The minimum atomic E-state index is -4.39. The summed E-state index contributed by atoms with van der Waals surface area (Å²) in [6, 6.07) is 11.5. The van der Waals surface area contributed by atoms with Crippen LogP contribution in [0.5, 0.6) is 0 Å². The van der Waals surface area contributed by atoms with E-state index >= 15 is 0 Å². The molecule has 2 aromatic rings. The second-order valence-corrected chi connectivity index (χ2v) is 6.16. The molecule has 1 fully saturated rings. The monoisotopic (exact) mass is 378 g/mol. The molecule has 0 amide bonds. The van der Waals surface area contributed by atoms with Crippen LogP contribution in [0.15, 0.2) is 42.5 Å². The van der Waals surface area contributed by atoms with Crippen LogP contribution in [0.25, 0.3) is 12.2 Å². The highest BCUT2D eigenvalue weighted by molar-refractivity contribution is 6.30. The second kappa shape index (κ2) is 7.48. The van der Waals surface area contributed by atoms with Gasteiger partial charge in [0.05, 0.1) is 17.7 Å². The van der Waals surface area contributed by atoms with Crippen molar-refractivity contribution in [3.63, 3.8) is 0 Å². The van der Waals surface area contributed by atoms with Gasteiger partial charge in [-0.2, -0.15) is 24.0 Å². The summed E-state index contributed by atoms with van der Waals surface area (Å²) in [5.74, 6) is 0. The SMILES string of the molecule is N#CC1NNNC1c1cc(Cl)ccc1/C=C/c1cccc(C(F)(F)F)c1. The van der Waals surface area contributed by atoms with Gasteiger partial charge in [0.15, 0.2) is 0 Å². The van der Waals surface area contributed by atoms with Gasteiger partial charge in [-0.1, -0.05) is 42.0 Å². The number of hydrogen-bond acceptors (Lipinski definition) is 4. The molecule has 0 bridgehead atoms. The molecule has 1 heterocycles. The van der Waals surface area contributed by atoms with E-state index in [4.69, 9.17) is 11.6 Å². The minimum Gasteiger partial charge on any atom is -0.234 e. The highest BCUT2D eigenvalue weighted by Crippen LogP contribution is 2.31. The first-order chi connectivity index (χ1) is 12.4. The Labute approximate surface area is 153 Å². The molecule has 2 aromatic carbocycles. The van der Waals surface area contributed by atoms with E-state index in [1.54, 1.807) is 36.4 Å². The van der Waals surface area contributed by atoms with Crippen molar-refractivity contribution >= 4 is 23.8 Å². The lowest BCUT2D eigenvalue weighted by molar-refractivity contribution is -0.137. The highest BCUT2D eigenvalue weighted by atomic mass is 35.5. The Hall–Kier alpha value is -2.37. The number of hydrazine groups is 2. The van der Waals surface area contributed by atoms with Gasteiger partial charge in [-0.05, 0) is 41.0 Å². The predicted molar refractivity (Wildman–Crippen MR) is 93.4 cm³/mol. The zero-order valence-corrected chi connectivity index (χ0v) is 14.1. The fraction of sp³-hybridized carbons (Fsp3) is 0.167. The van der Waals surface area contributed by atoms with Crippen LogP contribution in [0.4, 0.5) is 13.2 Å². The number of alkyl halides is 3. The second-order valence-electron chi connectivity index (χ2n) is 5.73. The van der Waals surface area contributed by atoms with E-state index in [-0.39, 0.29) is 6.04 Å². The largest absolute Gasteiger partial charge is 0.416 e. The average Bonchev–Trinajstić information content (AvgIpc) is 3.08. The van der Waals surface area contributed by atoms with Crippen molar-refractivity contribution in [3.05, 3.63) is 69.7 Å². The summed E-state index contributed by atoms with van der Waals surface area (Å²) >= 11 is 6.07. The zero-order valence-electron chi connectivity index (χ0n) is 13.3. The summed E-state index contributed by atoms with van der Waals surface area (Å²) in [7, 11) is 0. The minimum absolute atomic E-state index is 0.361. The van der Waals surface area contributed by atoms with Crippen LogP contribution in [0.1, 0.15) is 28.3 Å². The Kier molecular flexibility index (Phi) is 5.30. The molecular weight excluding hydrogens is 365 g/mol. The van der Waals surface area contributed by atoms with E-state index in [0.717, 1.165) is 23.3 Å². The van der Waals surface area contributed by atoms with Gasteiger partial charge in [-0.25, -0.2) is 10.9 Å². The summed E-state index contributed by atoms with van der Waals surface area (Å²) < 4.78 is 38.5. The van der Waals surface area contributed by atoms with Crippen LogP contribution >= 0.6 is 11.6 Å². The number of benzene rings is 2. The smallest absolute Gasteiger partial charge is 0.234 e. The van der Waals surface area contributed by atoms with E-state index in [9.17, 15) is 18.4 Å². The van der Waals surface area contributed by atoms with Crippen LogP contribution in [0.2, 0.25) is 5.02 Å². The van der Waals surface area contributed by atoms with E-state index in [0.29, 0.717) is 10.6 Å². The van der Waals surface area contributed by atoms with Crippen LogP contribution in [0.3, 0.4) is 0 Å². The van der Waals surface area contributed by atoms with Crippen molar-refractivity contribution in [1.82, 2.24) is 16.4 Å². The highest BCUT2D eigenvalue weighted by Gasteiger charge is 2.30. The maximum Gasteiger partial charge on any atom is 0.416 e. The fourth-order valence-corrected chi connectivity index (χ4v) is 2.88. The molecule has 0 aromatic heterocycles. The lowest BCUT2D eigenvalue weighted by Crippen LogP contribution is -2.32. The molecule has 1 saturated heterocycles. The van der Waals surface area contributed by atoms with Crippen molar-refractivity contribution in [1.29, 1.82) is 5.26 Å². The van der Waals surface area contributed by atoms with Crippen molar-refractivity contribution in [3.8, 4) is 6.07 Å². The number of hydrogen-bond donors (Lipinski definition) is 3. The van der Waals surface area contributed by atoms with Gasteiger partial charge in [0.25, 0.3) is 0 Å². The van der Waals surface area contributed by atoms with E-state index < -0.39 is 17.8 Å². The molecule has 3 rings (SSSR count). The first-order valence-electron chi connectivity index (χ1n) is 7.69. The Balaban J connectivity index is 1.93. The Morgan fingerprint density at radius 3 is 2.62 bits per heavy atom. The molecule has 2 unspecified atom stereocenters.